The highest BCUT2D eigenvalue weighted by Crippen LogP contribution is 2.45. The van der Waals surface area contributed by atoms with Crippen LogP contribution in [0.2, 0.25) is 0 Å². The topological polar surface area (TPSA) is 106 Å². The van der Waals surface area contributed by atoms with Crippen LogP contribution >= 0.6 is 0 Å². The third kappa shape index (κ3) is 5.98. The number of benzene rings is 3. The van der Waals surface area contributed by atoms with Crippen molar-refractivity contribution in [1.82, 2.24) is 25.0 Å². The molecular weight excluding hydrogens is 585 g/mol. The normalized spacial score (nSPS) is 13.7. The lowest BCUT2D eigenvalue weighted by atomic mass is 9.97. The number of hydrogen-bond acceptors (Lipinski definition) is 6. The Balaban J connectivity index is 1.40. The highest BCUT2D eigenvalue weighted by molar-refractivity contribution is 6.11. The van der Waals surface area contributed by atoms with Crippen LogP contribution < -0.4 is 5.32 Å². The van der Waals surface area contributed by atoms with Gasteiger partial charge in [0.25, 0.3) is 11.8 Å². The van der Waals surface area contributed by atoms with Crippen LogP contribution in [-0.4, -0.2) is 50.3 Å². The predicted molar refractivity (Wildman–Crippen MR) is 172 cm³/mol. The minimum atomic E-state index is -0.829. The Morgan fingerprint density at radius 2 is 1.65 bits per heavy atom. The van der Waals surface area contributed by atoms with Crippen molar-refractivity contribution in [3.63, 3.8) is 0 Å². The molecule has 3 aromatic carbocycles. The molecule has 1 N–H and O–H groups in total. The number of fused-ring (bicyclic) bond motifs is 1. The molecule has 1 aliphatic carbocycles. The number of carbonyl (C=O) groups excluding carboxylic acids is 3. The lowest BCUT2D eigenvalue weighted by Gasteiger charge is -2.23. The quantitative estimate of drug-likeness (QED) is 0.221. The third-order valence-electron chi connectivity index (χ3n) is 8.05. The van der Waals surface area contributed by atoms with E-state index in [1.165, 1.54) is 35.9 Å². The number of amides is 3. The average Bonchev–Trinajstić information content (AvgIpc) is 3.71. The van der Waals surface area contributed by atoms with Crippen LogP contribution in [0.25, 0.3) is 27.9 Å². The summed E-state index contributed by atoms with van der Waals surface area (Å²) >= 11 is 0. The number of rotatable bonds is 6. The Kier molecular flexibility index (Phi) is 7.67. The van der Waals surface area contributed by atoms with Gasteiger partial charge in [-0.25, -0.2) is 14.1 Å². The molecule has 9 nitrogen and oxygen atoms in total. The molecule has 6 rings (SSSR count). The molecule has 46 heavy (non-hydrogen) atoms. The van der Waals surface area contributed by atoms with Crippen molar-refractivity contribution in [1.29, 1.82) is 0 Å². The molecule has 3 amide bonds. The van der Waals surface area contributed by atoms with Crippen LogP contribution in [0.5, 0.6) is 0 Å². The maximum atomic E-state index is 13.9. The summed E-state index contributed by atoms with van der Waals surface area (Å²) in [6, 6.07) is 22.7. The predicted octanol–water partition coefficient (Wildman–Crippen LogP) is 6.94. The van der Waals surface area contributed by atoms with Crippen molar-refractivity contribution < 1.29 is 23.5 Å². The van der Waals surface area contributed by atoms with Gasteiger partial charge >= 0.3 is 6.09 Å². The minimum Gasteiger partial charge on any atom is -0.443 e. The first kappa shape index (κ1) is 30.6. The van der Waals surface area contributed by atoms with Crippen LogP contribution in [0.4, 0.5) is 9.18 Å². The summed E-state index contributed by atoms with van der Waals surface area (Å²) in [5, 5.41) is 12.3. The van der Waals surface area contributed by atoms with Gasteiger partial charge in [0.2, 0.25) is 0 Å². The lowest BCUT2D eigenvalue weighted by molar-refractivity contribution is 0.0285. The van der Waals surface area contributed by atoms with Gasteiger partial charge in [0, 0.05) is 23.7 Å². The number of nitrogens with zero attached hydrogens (tertiary/aromatic N) is 4. The molecule has 0 bridgehead atoms. The number of ether oxygens (including phenoxy) is 1. The zero-order chi connectivity index (χ0) is 32.8. The molecule has 2 heterocycles. The molecule has 0 aliphatic heterocycles. The first-order valence-corrected chi connectivity index (χ1v) is 15.0. The van der Waals surface area contributed by atoms with Gasteiger partial charge < -0.3 is 10.1 Å². The second-order valence-corrected chi connectivity index (χ2v) is 12.6. The summed E-state index contributed by atoms with van der Waals surface area (Å²) in [6.07, 6.45) is 2.52. The van der Waals surface area contributed by atoms with Crippen molar-refractivity contribution in [3.8, 4) is 22.4 Å². The molecule has 0 saturated heterocycles. The van der Waals surface area contributed by atoms with Crippen LogP contribution in [0.3, 0.4) is 0 Å². The fourth-order valence-corrected chi connectivity index (χ4v) is 5.42. The molecule has 5 aromatic rings. The van der Waals surface area contributed by atoms with Crippen molar-refractivity contribution in [2.24, 2.45) is 0 Å². The molecule has 2 aromatic heterocycles. The van der Waals surface area contributed by atoms with Crippen LogP contribution in [0, 0.1) is 12.7 Å². The number of aromatic nitrogens is 3. The van der Waals surface area contributed by atoms with Gasteiger partial charge in [-0.05, 0) is 99.7 Å². The SMILES string of the molecule is Cc1ccc(C(=O)NC2(c3ccccc3)CC2)cc1-c1cnn2nc(-c3ccc(F)cc3)c(C(=O)N(C)C(=O)OC(C)(C)C)c2c1. The van der Waals surface area contributed by atoms with Gasteiger partial charge in [-0.2, -0.15) is 9.73 Å². The fraction of sp³-hybridized carbons (Fsp3) is 0.250. The summed E-state index contributed by atoms with van der Waals surface area (Å²) in [6.45, 7) is 7.06. The summed E-state index contributed by atoms with van der Waals surface area (Å²) in [5.41, 5.74) is 3.78. The summed E-state index contributed by atoms with van der Waals surface area (Å²) in [7, 11) is 1.33. The van der Waals surface area contributed by atoms with E-state index in [-0.39, 0.29) is 22.7 Å². The van der Waals surface area contributed by atoms with Gasteiger partial charge in [-0.3, -0.25) is 9.59 Å². The van der Waals surface area contributed by atoms with Gasteiger partial charge in [0.15, 0.2) is 0 Å². The largest absolute Gasteiger partial charge is 0.443 e. The number of hydrogen-bond donors (Lipinski definition) is 1. The van der Waals surface area contributed by atoms with Crippen molar-refractivity contribution in [2.45, 2.75) is 51.7 Å². The van der Waals surface area contributed by atoms with E-state index in [4.69, 9.17) is 4.74 Å². The molecule has 1 aliphatic rings. The maximum absolute atomic E-state index is 13.9. The highest BCUT2D eigenvalue weighted by Gasteiger charge is 2.45. The third-order valence-corrected chi connectivity index (χ3v) is 8.05. The minimum absolute atomic E-state index is 0.0967. The van der Waals surface area contributed by atoms with E-state index in [0.29, 0.717) is 22.2 Å². The Bertz CT molecular complexity index is 1980. The van der Waals surface area contributed by atoms with E-state index in [9.17, 15) is 18.8 Å². The number of nitrogens with one attached hydrogen (secondary N) is 1. The Labute approximate surface area is 266 Å². The maximum Gasteiger partial charge on any atom is 0.417 e. The van der Waals surface area contributed by atoms with Crippen LogP contribution in [0.1, 0.15) is 65.5 Å². The Hall–Kier alpha value is -5.38. The van der Waals surface area contributed by atoms with E-state index in [0.717, 1.165) is 34.4 Å². The molecule has 10 heteroatoms. The monoisotopic (exact) mass is 619 g/mol. The van der Waals surface area contributed by atoms with Gasteiger partial charge in [0.1, 0.15) is 22.6 Å². The highest BCUT2D eigenvalue weighted by atomic mass is 19.1. The zero-order valence-corrected chi connectivity index (χ0v) is 26.3. The second kappa shape index (κ2) is 11.5. The number of halogens is 1. The first-order valence-electron chi connectivity index (χ1n) is 15.0. The summed E-state index contributed by atoms with van der Waals surface area (Å²) < 4.78 is 20.5. The van der Waals surface area contributed by atoms with E-state index in [2.05, 4.69) is 15.5 Å². The molecule has 1 saturated carbocycles. The zero-order valence-electron chi connectivity index (χ0n) is 26.3. The van der Waals surface area contributed by atoms with Gasteiger partial charge in [-0.1, -0.05) is 36.4 Å². The molecule has 1 fully saturated rings. The van der Waals surface area contributed by atoms with Gasteiger partial charge in [0.05, 0.1) is 17.3 Å². The van der Waals surface area contributed by atoms with Gasteiger partial charge in [-0.15, -0.1) is 5.10 Å². The fourth-order valence-electron chi connectivity index (χ4n) is 5.42. The van der Waals surface area contributed by atoms with Crippen molar-refractivity contribution in [3.05, 3.63) is 113 Å². The first-order chi connectivity index (χ1) is 21.8. The lowest BCUT2D eigenvalue weighted by Crippen LogP contribution is -2.38. The molecule has 234 valence electrons. The summed E-state index contributed by atoms with van der Waals surface area (Å²) in [4.78, 5) is 41.2. The molecule has 0 atom stereocenters. The number of carbonyl (C=O) groups is 3. The van der Waals surface area contributed by atoms with E-state index in [1.54, 1.807) is 39.1 Å². The Morgan fingerprint density at radius 3 is 2.30 bits per heavy atom. The van der Waals surface area contributed by atoms with Crippen LogP contribution in [0.15, 0.2) is 85.1 Å². The average molecular weight is 620 g/mol. The number of aryl methyl sites for hydroxylation is 1. The molecular formula is C36H34FN5O4. The molecule has 0 spiro atoms. The molecule has 0 radical (unpaired) electrons. The van der Waals surface area contributed by atoms with E-state index >= 15 is 0 Å². The molecule has 0 unspecified atom stereocenters. The summed E-state index contributed by atoms with van der Waals surface area (Å²) in [5.74, 6) is -1.29. The van der Waals surface area contributed by atoms with Crippen molar-refractivity contribution >= 4 is 23.4 Å². The van der Waals surface area contributed by atoms with E-state index in [1.807, 2.05) is 49.4 Å². The Morgan fingerprint density at radius 1 is 0.957 bits per heavy atom. The smallest absolute Gasteiger partial charge is 0.417 e. The van der Waals surface area contributed by atoms with Crippen LogP contribution in [-0.2, 0) is 10.3 Å². The number of imide groups is 1. The standard InChI is InChI=1S/C36H34FN5O4/c1-22-11-12-24(32(43)39-36(17-18-36)26-9-7-6-8-10-26)19-28(22)25-20-29-30(33(44)41(5)34(45)46-35(2,3)4)31(40-42(29)38-21-25)23-13-15-27(37)16-14-23/h6-16,19-21H,17-18H2,1-5H3,(H,39,43). The van der Waals surface area contributed by atoms with Crippen molar-refractivity contribution in [2.75, 3.05) is 7.05 Å². The van der Waals surface area contributed by atoms with E-state index < -0.39 is 23.4 Å². The second-order valence-electron chi connectivity index (χ2n) is 12.6.